The Labute approximate surface area is 93.5 Å². The van der Waals surface area contributed by atoms with Gasteiger partial charge in [-0.1, -0.05) is 13.3 Å². The summed E-state index contributed by atoms with van der Waals surface area (Å²) in [6.07, 6.45) is 2.61. The summed E-state index contributed by atoms with van der Waals surface area (Å²) in [5.74, 6) is -1.04. The standard InChI is InChI=1S/C11H16N2O3/c1-2-3-4-8-5-6-9(12)11(16)13(8)7-10(14)15/h5-6H,2-4,7,12H2,1H3,(H,14,15). The second-order valence-electron chi connectivity index (χ2n) is 3.67. The van der Waals surface area contributed by atoms with Crippen LogP contribution < -0.4 is 11.3 Å². The van der Waals surface area contributed by atoms with Crippen molar-refractivity contribution in [1.29, 1.82) is 0 Å². The number of nitrogens with two attached hydrogens (primary N) is 1. The zero-order chi connectivity index (χ0) is 12.1. The third-order valence-electron chi connectivity index (χ3n) is 2.37. The van der Waals surface area contributed by atoms with Crippen molar-refractivity contribution in [3.8, 4) is 0 Å². The van der Waals surface area contributed by atoms with Crippen molar-refractivity contribution >= 4 is 11.7 Å². The Morgan fingerprint density at radius 2 is 2.19 bits per heavy atom. The van der Waals surface area contributed by atoms with E-state index in [4.69, 9.17) is 10.8 Å². The highest BCUT2D eigenvalue weighted by Gasteiger charge is 2.09. The van der Waals surface area contributed by atoms with Gasteiger partial charge in [-0.25, -0.2) is 0 Å². The Hall–Kier alpha value is -1.78. The first-order chi connectivity index (χ1) is 7.56. The molecule has 0 aliphatic rings. The predicted octanol–water partition coefficient (Wildman–Crippen LogP) is 0.858. The first kappa shape index (κ1) is 12.3. The molecule has 0 aromatic carbocycles. The highest BCUT2D eigenvalue weighted by Crippen LogP contribution is 2.06. The average Bonchev–Trinajstić information content (AvgIpc) is 2.23. The van der Waals surface area contributed by atoms with Crippen molar-refractivity contribution in [2.45, 2.75) is 32.7 Å². The van der Waals surface area contributed by atoms with E-state index in [-0.39, 0.29) is 12.2 Å². The van der Waals surface area contributed by atoms with Gasteiger partial charge in [-0.2, -0.15) is 0 Å². The molecule has 5 nitrogen and oxygen atoms in total. The molecule has 1 aromatic rings. The molecule has 0 unspecified atom stereocenters. The molecule has 0 aliphatic carbocycles. The Kier molecular flexibility index (Phi) is 4.10. The number of aryl methyl sites for hydroxylation is 1. The first-order valence-electron chi connectivity index (χ1n) is 5.26. The second-order valence-corrected chi connectivity index (χ2v) is 3.67. The predicted molar refractivity (Wildman–Crippen MR) is 61.4 cm³/mol. The Balaban J connectivity index is 3.11. The van der Waals surface area contributed by atoms with Gasteiger partial charge in [-0.15, -0.1) is 0 Å². The Morgan fingerprint density at radius 1 is 1.50 bits per heavy atom. The number of hydrogen-bond donors (Lipinski definition) is 2. The number of carboxylic acids is 1. The molecule has 1 aromatic heterocycles. The summed E-state index contributed by atoms with van der Waals surface area (Å²) in [6.45, 7) is 1.71. The van der Waals surface area contributed by atoms with Crippen LogP contribution in [-0.2, 0) is 17.8 Å². The van der Waals surface area contributed by atoms with Gasteiger partial charge in [0.05, 0.1) is 5.69 Å². The molecule has 0 spiro atoms. The summed E-state index contributed by atoms with van der Waals surface area (Å²) in [6, 6.07) is 3.25. The third kappa shape index (κ3) is 2.85. The van der Waals surface area contributed by atoms with Gasteiger partial charge < -0.3 is 10.8 Å². The van der Waals surface area contributed by atoms with E-state index in [1.54, 1.807) is 6.07 Å². The maximum atomic E-state index is 11.7. The van der Waals surface area contributed by atoms with E-state index in [1.807, 2.05) is 6.92 Å². The molecule has 0 aliphatic heterocycles. The van der Waals surface area contributed by atoms with E-state index in [9.17, 15) is 9.59 Å². The fourth-order valence-corrected chi connectivity index (χ4v) is 1.52. The van der Waals surface area contributed by atoms with Crippen molar-refractivity contribution in [2.24, 2.45) is 0 Å². The first-order valence-corrected chi connectivity index (χ1v) is 5.26. The molecule has 3 N–H and O–H groups in total. The molecule has 0 bridgehead atoms. The number of nitrogen functional groups attached to an aromatic ring is 1. The van der Waals surface area contributed by atoms with Gasteiger partial charge in [-0.05, 0) is 25.0 Å². The molecule has 0 saturated heterocycles. The van der Waals surface area contributed by atoms with Crippen LogP contribution in [0.5, 0.6) is 0 Å². The van der Waals surface area contributed by atoms with Crippen LogP contribution in [0.15, 0.2) is 16.9 Å². The van der Waals surface area contributed by atoms with E-state index in [0.717, 1.165) is 18.5 Å². The van der Waals surface area contributed by atoms with Crippen molar-refractivity contribution in [2.75, 3.05) is 5.73 Å². The minimum absolute atomic E-state index is 0.0847. The molecular weight excluding hydrogens is 208 g/mol. The number of nitrogens with zero attached hydrogens (tertiary/aromatic N) is 1. The smallest absolute Gasteiger partial charge is 0.323 e. The monoisotopic (exact) mass is 224 g/mol. The molecule has 1 heterocycles. The zero-order valence-corrected chi connectivity index (χ0v) is 9.27. The number of hydrogen-bond acceptors (Lipinski definition) is 3. The number of aliphatic carboxylic acids is 1. The minimum atomic E-state index is -1.04. The van der Waals surface area contributed by atoms with Gasteiger partial charge >= 0.3 is 5.97 Å². The topological polar surface area (TPSA) is 85.3 Å². The zero-order valence-electron chi connectivity index (χ0n) is 9.27. The highest BCUT2D eigenvalue weighted by atomic mass is 16.4. The van der Waals surface area contributed by atoms with Gasteiger partial charge in [0.15, 0.2) is 0 Å². The quantitative estimate of drug-likeness (QED) is 0.776. The number of pyridine rings is 1. The Bertz CT molecular complexity index is 437. The molecule has 0 atom stereocenters. The van der Waals surface area contributed by atoms with Crippen LogP contribution in [0.1, 0.15) is 25.5 Å². The average molecular weight is 224 g/mol. The number of aromatic nitrogens is 1. The normalized spacial score (nSPS) is 10.3. The van der Waals surface area contributed by atoms with Crippen LogP contribution in [-0.4, -0.2) is 15.6 Å². The van der Waals surface area contributed by atoms with Crippen LogP contribution in [0.25, 0.3) is 0 Å². The maximum Gasteiger partial charge on any atom is 0.323 e. The maximum absolute atomic E-state index is 11.7. The Morgan fingerprint density at radius 3 is 2.75 bits per heavy atom. The molecule has 0 radical (unpaired) electrons. The van der Waals surface area contributed by atoms with Crippen LogP contribution in [0, 0.1) is 0 Å². The molecule has 0 fully saturated rings. The largest absolute Gasteiger partial charge is 0.480 e. The summed E-state index contributed by atoms with van der Waals surface area (Å²) in [5.41, 5.74) is 5.86. The fraction of sp³-hybridized carbons (Fsp3) is 0.455. The van der Waals surface area contributed by atoms with Crippen LogP contribution in [0.4, 0.5) is 5.69 Å². The van der Waals surface area contributed by atoms with E-state index in [2.05, 4.69) is 0 Å². The lowest BCUT2D eigenvalue weighted by atomic mass is 10.1. The molecule has 5 heteroatoms. The van der Waals surface area contributed by atoms with Crippen LogP contribution in [0.3, 0.4) is 0 Å². The molecule has 88 valence electrons. The van der Waals surface area contributed by atoms with Crippen molar-refractivity contribution in [3.63, 3.8) is 0 Å². The van der Waals surface area contributed by atoms with Crippen molar-refractivity contribution in [1.82, 2.24) is 4.57 Å². The minimum Gasteiger partial charge on any atom is -0.480 e. The van der Waals surface area contributed by atoms with E-state index >= 15 is 0 Å². The second kappa shape index (κ2) is 5.34. The molecule has 1 rings (SSSR count). The third-order valence-corrected chi connectivity index (χ3v) is 2.37. The van der Waals surface area contributed by atoms with Crippen LogP contribution in [0.2, 0.25) is 0 Å². The number of anilines is 1. The molecular formula is C11H16N2O3. The lowest BCUT2D eigenvalue weighted by Gasteiger charge is -2.11. The number of rotatable bonds is 5. The number of carboxylic acid groups (broad SMARTS) is 1. The summed E-state index contributed by atoms with van der Waals surface area (Å²) >= 11 is 0. The summed E-state index contributed by atoms with van der Waals surface area (Å²) < 4.78 is 1.23. The number of carbonyl (C=O) groups is 1. The molecule has 0 amide bonds. The van der Waals surface area contributed by atoms with Crippen LogP contribution >= 0.6 is 0 Å². The SMILES string of the molecule is CCCCc1ccc(N)c(=O)n1CC(=O)O. The molecule has 16 heavy (non-hydrogen) atoms. The van der Waals surface area contributed by atoms with E-state index in [0.29, 0.717) is 6.42 Å². The highest BCUT2D eigenvalue weighted by molar-refractivity contribution is 5.66. The lowest BCUT2D eigenvalue weighted by molar-refractivity contribution is -0.137. The fourth-order valence-electron chi connectivity index (χ4n) is 1.52. The summed E-state index contributed by atoms with van der Waals surface area (Å²) in [7, 11) is 0. The molecule has 0 saturated carbocycles. The van der Waals surface area contributed by atoms with Crippen molar-refractivity contribution in [3.05, 3.63) is 28.2 Å². The summed E-state index contributed by atoms with van der Waals surface area (Å²) in [4.78, 5) is 22.3. The van der Waals surface area contributed by atoms with E-state index < -0.39 is 11.5 Å². The van der Waals surface area contributed by atoms with Crippen molar-refractivity contribution < 1.29 is 9.90 Å². The lowest BCUT2D eigenvalue weighted by Crippen LogP contribution is -2.28. The van der Waals surface area contributed by atoms with E-state index in [1.165, 1.54) is 10.6 Å². The number of unbranched alkanes of at least 4 members (excludes halogenated alkanes) is 1. The van der Waals surface area contributed by atoms with Gasteiger partial charge in [-0.3, -0.25) is 14.2 Å². The van der Waals surface area contributed by atoms with Gasteiger partial charge in [0.1, 0.15) is 6.54 Å². The van der Waals surface area contributed by atoms with Gasteiger partial charge in [0.2, 0.25) is 0 Å². The summed E-state index contributed by atoms with van der Waals surface area (Å²) in [5, 5.41) is 8.73. The van der Waals surface area contributed by atoms with Gasteiger partial charge in [0, 0.05) is 5.69 Å². The van der Waals surface area contributed by atoms with Gasteiger partial charge in [0.25, 0.3) is 5.56 Å².